The molecular weight excluding hydrogens is 284 g/mol. The minimum atomic E-state index is 0.0449. The van der Waals surface area contributed by atoms with Gasteiger partial charge in [-0.05, 0) is 32.2 Å². The molecule has 0 radical (unpaired) electrons. The Kier molecular flexibility index (Phi) is 3.32. The summed E-state index contributed by atoms with van der Waals surface area (Å²) < 4.78 is 1.69. The molecule has 2 atom stereocenters. The van der Waals surface area contributed by atoms with Crippen LogP contribution in [0.1, 0.15) is 24.2 Å². The van der Waals surface area contributed by atoms with Crippen molar-refractivity contribution in [2.75, 3.05) is 19.6 Å². The second-order valence-corrected chi connectivity index (χ2v) is 7.07. The van der Waals surface area contributed by atoms with Crippen LogP contribution in [0.3, 0.4) is 0 Å². The quantitative estimate of drug-likeness (QED) is 0.907. The molecule has 4 heterocycles. The summed E-state index contributed by atoms with van der Waals surface area (Å²) >= 11 is 1.54. The molecule has 2 aromatic rings. The van der Waals surface area contributed by atoms with E-state index in [9.17, 15) is 4.79 Å². The number of fused-ring (bicyclic) bond motifs is 2. The van der Waals surface area contributed by atoms with Crippen molar-refractivity contribution < 1.29 is 0 Å². The number of nitrogens with zero attached hydrogens (tertiary/aromatic N) is 3. The molecule has 1 N–H and O–H groups in total. The van der Waals surface area contributed by atoms with Crippen molar-refractivity contribution in [1.29, 1.82) is 0 Å². The Morgan fingerprint density at radius 2 is 2.38 bits per heavy atom. The molecule has 2 aliphatic rings. The van der Waals surface area contributed by atoms with Crippen LogP contribution in [-0.4, -0.2) is 40.0 Å². The number of rotatable bonds is 2. The van der Waals surface area contributed by atoms with Crippen LogP contribution < -0.4 is 10.9 Å². The summed E-state index contributed by atoms with van der Waals surface area (Å²) in [5, 5.41) is 5.60. The minimum Gasteiger partial charge on any atom is -0.312 e. The van der Waals surface area contributed by atoms with Crippen LogP contribution in [0, 0.1) is 12.8 Å². The summed E-state index contributed by atoms with van der Waals surface area (Å²) in [5.74, 6) is 0.771. The number of nitrogens with one attached hydrogen (secondary N) is 1. The maximum Gasteiger partial charge on any atom is 0.259 e. The summed E-state index contributed by atoms with van der Waals surface area (Å²) in [6, 6.07) is 2.33. The summed E-state index contributed by atoms with van der Waals surface area (Å²) in [6.07, 6.45) is 2.61. The summed E-state index contributed by atoms with van der Waals surface area (Å²) in [4.78, 5) is 20.1. The number of hydrogen-bond donors (Lipinski definition) is 1. The van der Waals surface area contributed by atoms with Crippen molar-refractivity contribution in [2.24, 2.45) is 5.92 Å². The fraction of sp³-hybridized carbons (Fsp3) is 0.600. The first-order valence-electron chi connectivity index (χ1n) is 7.63. The predicted molar refractivity (Wildman–Crippen MR) is 83.9 cm³/mol. The van der Waals surface area contributed by atoms with Gasteiger partial charge in [0.25, 0.3) is 5.56 Å². The molecule has 6 heteroatoms. The number of thiazole rings is 1. The Bertz CT molecular complexity index is 708. The largest absolute Gasteiger partial charge is 0.312 e. The van der Waals surface area contributed by atoms with Crippen LogP contribution in [0.5, 0.6) is 0 Å². The Morgan fingerprint density at radius 1 is 1.48 bits per heavy atom. The van der Waals surface area contributed by atoms with Crippen LogP contribution in [0.25, 0.3) is 4.96 Å². The van der Waals surface area contributed by atoms with Gasteiger partial charge in [-0.3, -0.25) is 14.1 Å². The topological polar surface area (TPSA) is 49.6 Å². The highest BCUT2D eigenvalue weighted by molar-refractivity contribution is 7.15. The molecule has 2 aromatic heterocycles. The van der Waals surface area contributed by atoms with E-state index in [0.717, 1.165) is 48.4 Å². The summed E-state index contributed by atoms with van der Waals surface area (Å²) in [5.41, 5.74) is 1.92. The van der Waals surface area contributed by atoms with Crippen LogP contribution in [0.15, 0.2) is 16.2 Å². The van der Waals surface area contributed by atoms with Crippen molar-refractivity contribution >= 4 is 16.3 Å². The van der Waals surface area contributed by atoms with Gasteiger partial charge in [-0.15, -0.1) is 11.3 Å². The van der Waals surface area contributed by atoms with Gasteiger partial charge < -0.3 is 5.32 Å². The van der Waals surface area contributed by atoms with Crippen molar-refractivity contribution in [1.82, 2.24) is 19.6 Å². The first kappa shape index (κ1) is 13.4. The maximum atomic E-state index is 12.2. The monoisotopic (exact) mass is 304 g/mol. The number of aryl methyl sites for hydroxylation is 1. The van der Waals surface area contributed by atoms with Gasteiger partial charge in [0.15, 0.2) is 4.96 Å². The van der Waals surface area contributed by atoms with E-state index in [0.29, 0.717) is 6.04 Å². The van der Waals surface area contributed by atoms with E-state index >= 15 is 0 Å². The van der Waals surface area contributed by atoms with Gasteiger partial charge in [-0.1, -0.05) is 0 Å². The molecule has 2 saturated heterocycles. The fourth-order valence-electron chi connectivity index (χ4n) is 3.68. The molecular formula is C15H20N4OS. The van der Waals surface area contributed by atoms with Crippen molar-refractivity contribution in [3.05, 3.63) is 33.2 Å². The molecule has 0 aromatic carbocycles. The first-order valence-corrected chi connectivity index (χ1v) is 8.51. The predicted octanol–water partition coefficient (Wildman–Crippen LogP) is 1.25. The average molecular weight is 304 g/mol. The lowest BCUT2D eigenvalue weighted by Crippen LogP contribution is -2.40. The van der Waals surface area contributed by atoms with Gasteiger partial charge >= 0.3 is 0 Å². The molecule has 5 nitrogen and oxygen atoms in total. The molecule has 4 rings (SSSR count). The normalized spacial score (nSPS) is 26.3. The second kappa shape index (κ2) is 5.19. The molecule has 21 heavy (non-hydrogen) atoms. The molecule has 0 unspecified atom stereocenters. The van der Waals surface area contributed by atoms with Crippen molar-refractivity contribution in [3.63, 3.8) is 0 Å². The number of hydrogen-bond acceptors (Lipinski definition) is 5. The molecule has 0 spiro atoms. The lowest BCUT2D eigenvalue weighted by Gasteiger charge is -2.24. The van der Waals surface area contributed by atoms with Crippen LogP contribution in [-0.2, 0) is 6.54 Å². The second-order valence-electron chi connectivity index (χ2n) is 6.24. The number of likely N-dealkylation sites (tertiary alicyclic amines) is 1. The molecule has 112 valence electrons. The van der Waals surface area contributed by atoms with E-state index in [4.69, 9.17) is 0 Å². The van der Waals surface area contributed by atoms with Gasteiger partial charge in [0.1, 0.15) is 0 Å². The van der Waals surface area contributed by atoms with E-state index in [1.165, 1.54) is 12.8 Å². The Morgan fingerprint density at radius 3 is 3.24 bits per heavy atom. The third-order valence-corrected chi connectivity index (χ3v) is 5.63. The van der Waals surface area contributed by atoms with Gasteiger partial charge in [-0.2, -0.15) is 0 Å². The Hall–Kier alpha value is -1.24. The van der Waals surface area contributed by atoms with Gasteiger partial charge in [0.05, 0.1) is 5.69 Å². The van der Waals surface area contributed by atoms with E-state index < -0.39 is 0 Å². The third kappa shape index (κ3) is 2.41. The molecule has 0 saturated carbocycles. The van der Waals surface area contributed by atoms with Gasteiger partial charge in [-0.25, -0.2) is 4.98 Å². The zero-order valence-electron chi connectivity index (χ0n) is 12.2. The lowest BCUT2D eigenvalue weighted by atomic mass is 9.94. The van der Waals surface area contributed by atoms with E-state index in [1.807, 2.05) is 12.3 Å². The van der Waals surface area contributed by atoms with E-state index in [1.54, 1.807) is 21.8 Å². The van der Waals surface area contributed by atoms with Gasteiger partial charge in [0.2, 0.25) is 0 Å². The average Bonchev–Trinajstić information content (AvgIpc) is 3.02. The fourth-order valence-corrected chi connectivity index (χ4v) is 4.57. The highest BCUT2D eigenvalue weighted by Gasteiger charge is 2.34. The SMILES string of the molecule is Cc1csc2nc(CN3C[C@@H]4CCCN[C@@H]4C3)cc(=O)n12. The zero-order valence-corrected chi connectivity index (χ0v) is 13.0. The summed E-state index contributed by atoms with van der Waals surface area (Å²) in [7, 11) is 0. The van der Waals surface area contributed by atoms with Gasteiger partial charge in [0, 0.05) is 42.8 Å². The smallest absolute Gasteiger partial charge is 0.259 e. The van der Waals surface area contributed by atoms with E-state index in [2.05, 4.69) is 15.2 Å². The summed E-state index contributed by atoms with van der Waals surface area (Å²) in [6.45, 7) is 6.09. The standard InChI is InChI=1S/C15H20N4OS/c1-10-9-21-15-17-12(5-14(20)19(10)15)7-18-6-11-3-2-4-16-13(11)8-18/h5,9,11,13,16H,2-4,6-8H2,1H3/t11-,13+/m0/s1. The molecule has 0 amide bonds. The van der Waals surface area contributed by atoms with Crippen molar-refractivity contribution in [2.45, 2.75) is 32.4 Å². The maximum absolute atomic E-state index is 12.2. The zero-order chi connectivity index (χ0) is 14.4. The molecule has 2 aliphatic heterocycles. The minimum absolute atomic E-state index is 0.0449. The van der Waals surface area contributed by atoms with E-state index in [-0.39, 0.29) is 5.56 Å². The lowest BCUT2D eigenvalue weighted by molar-refractivity contribution is 0.309. The number of piperidine rings is 1. The molecule has 2 fully saturated rings. The molecule has 0 aliphatic carbocycles. The van der Waals surface area contributed by atoms with Crippen LogP contribution >= 0.6 is 11.3 Å². The third-order valence-electron chi connectivity index (χ3n) is 4.69. The highest BCUT2D eigenvalue weighted by atomic mass is 32.1. The number of aromatic nitrogens is 2. The Labute approximate surface area is 127 Å². The van der Waals surface area contributed by atoms with Crippen molar-refractivity contribution in [3.8, 4) is 0 Å². The van der Waals surface area contributed by atoms with Crippen LogP contribution in [0.2, 0.25) is 0 Å². The first-order chi connectivity index (χ1) is 10.2. The molecule has 0 bridgehead atoms. The Balaban J connectivity index is 1.56. The highest BCUT2D eigenvalue weighted by Crippen LogP contribution is 2.25. The van der Waals surface area contributed by atoms with Crippen LogP contribution in [0.4, 0.5) is 0 Å².